The van der Waals surface area contributed by atoms with Crippen molar-refractivity contribution in [1.29, 1.82) is 0 Å². The lowest BCUT2D eigenvalue weighted by Crippen LogP contribution is -2.16. The van der Waals surface area contributed by atoms with E-state index in [9.17, 15) is 19.5 Å². The van der Waals surface area contributed by atoms with Gasteiger partial charge in [0, 0.05) is 31.6 Å². The van der Waals surface area contributed by atoms with Crippen molar-refractivity contribution in [3.05, 3.63) is 33.2 Å². The number of aryl methyl sites for hydroxylation is 1. The minimum atomic E-state index is -0.627. The van der Waals surface area contributed by atoms with Gasteiger partial charge in [-0.2, -0.15) is 0 Å². The number of phenols is 1. The molecule has 2 rings (SSSR count). The summed E-state index contributed by atoms with van der Waals surface area (Å²) in [7, 11) is 5.43. The molecule has 8 heteroatoms. The lowest BCUT2D eigenvalue weighted by molar-refractivity contribution is -0.119. The van der Waals surface area contributed by atoms with E-state index in [1.165, 1.54) is 13.2 Å². The number of ether oxygens (including phenoxy) is 2. The molecule has 0 saturated carbocycles. The molecule has 0 aliphatic carbocycles. The molecule has 0 amide bonds. The summed E-state index contributed by atoms with van der Waals surface area (Å²) >= 11 is 0. The van der Waals surface area contributed by atoms with E-state index < -0.39 is 5.63 Å². The Hall–Kier alpha value is -2.71. The van der Waals surface area contributed by atoms with Gasteiger partial charge in [0.15, 0.2) is 11.9 Å². The number of aromatic hydroxyl groups is 1. The Bertz CT molecular complexity index is 962. The number of hydrogen-bond donors (Lipinski definition) is 1. The predicted octanol–water partition coefficient (Wildman–Crippen LogP) is 2.49. The van der Waals surface area contributed by atoms with E-state index in [0.29, 0.717) is 35.8 Å². The van der Waals surface area contributed by atoms with E-state index in [4.69, 9.17) is 13.9 Å². The molecule has 30 heavy (non-hydrogen) atoms. The lowest BCUT2D eigenvalue weighted by Gasteiger charge is -2.15. The SMILES string of the molecule is COCCOc1cc(O)c(C=O)c2oc(=O)c(CCC(=O)CCCN(C)C)c(C)c12. The van der Waals surface area contributed by atoms with Crippen LogP contribution in [0.25, 0.3) is 11.0 Å². The van der Waals surface area contributed by atoms with Gasteiger partial charge in [0.25, 0.3) is 0 Å². The number of nitrogens with zero attached hydrogens (tertiary/aromatic N) is 1. The van der Waals surface area contributed by atoms with E-state index in [0.717, 1.165) is 13.0 Å². The molecule has 0 fully saturated rings. The fourth-order valence-electron chi connectivity index (χ4n) is 3.29. The minimum Gasteiger partial charge on any atom is -0.507 e. The number of aldehydes is 1. The second-order valence-electron chi connectivity index (χ2n) is 7.41. The zero-order chi connectivity index (χ0) is 22.3. The smallest absolute Gasteiger partial charge is 0.339 e. The molecule has 0 atom stereocenters. The van der Waals surface area contributed by atoms with Gasteiger partial charge in [0.2, 0.25) is 0 Å². The van der Waals surface area contributed by atoms with Crippen molar-refractivity contribution in [3.8, 4) is 11.5 Å². The summed E-state index contributed by atoms with van der Waals surface area (Å²) in [5.74, 6) is 0.0212. The first-order valence-corrected chi connectivity index (χ1v) is 9.85. The standard InChI is InChI=1S/C22H29NO7/c1-14-16(8-7-15(25)6-5-9-23(2)3)22(27)30-21-17(13-24)18(26)12-19(20(14)21)29-11-10-28-4/h12-13,26H,5-11H2,1-4H3. The number of methoxy groups -OCH3 is 1. The van der Waals surface area contributed by atoms with Crippen LogP contribution in [0.1, 0.15) is 40.7 Å². The third-order valence-corrected chi connectivity index (χ3v) is 4.91. The van der Waals surface area contributed by atoms with Crippen LogP contribution in [0.3, 0.4) is 0 Å². The normalized spacial score (nSPS) is 11.2. The molecule has 0 spiro atoms. The molecule has 2 aromatic rings. The fraction of sp³-hybridized carbons (Fsp3) is 0.500. The van der Waals surface area contributed by atoms with Crippen LogP contribution in [-0.2, 0) is 16.0 Å². The molecule has 0 saturated heterocycles. The van der Waals surface area contributed by atoms with Gasteiger partial charge in [-0.25, -0.2) is 4.79 Å². The Kier molecular flexibility index (Phi) is 8.56. The van der Waals surface area contributed by atoms with E-state index in [2.05, 4.69) is 0 Å². The van der Waals surface area contributed by atoms with Crippen molar-refractivity contribution in [2.24, 2.45) is 0 Å². The molecule has 0 unspecified atom stereocenters. The van der Waals surface area contributed by atoms with Gasteiger partial charge in [0.1, 0.15) is 23.9 Å². The largest absolute Gasteiger partial charge is 0.507 e. The van der Waals surface area contributed by atoms with Crippen molar-refractivity contribution in [3.63, 3.8) is 0 Å². The molecule has 1 N–H and O–H groups in total. The summed E-state index contributed by atoms with van der Waals surface area (Å²) in [5.41, 5.74) is 0.162. The summed E-state index contributed by atoms with van der Waals surface area (Å²) in [6, 6.07) is 1.32. The maximum atomic E-state index is 12.6. The summed E-state index contributed by atoms with van der Waals surface area (Å²) < 4.78 is 16.1. The van der Waals surface area contributed by atoms with Gasteiger partial charge < -0.3 is 23.9 Å². The average molecular weight is 419 g/mol. The van der Waals surface area contributed by atoms with Gasteiger partial charge in [0.05, 0.1) is 17.6 Å². The Balaban J connectivity index is 2.38. The maximum Gasteiger partial charge on any atom is 0.339 e. The lowest BCUT2D eigenvalue weighted by atomic mass is 9.98. The first-order chi connectivity index (χ1) is 14.3. The summed E-state index contributed by atoms with van der Waals surface area (Å²) in [6.07, 6.45) is 2.11. The van der Waals surface area contributed by atoms with Gasteiger partial charge >= 0.3 is 5.63 Å². The van der Waals surface area contributed by atoms with Crippen molar-refractivity contribution >= 4 is 23.0 Å². The van der Waals surface area contributed by atoms with Crippen molar-refractivity contribution in [2.75, 3.05) is 41.0 Å². The van der Waals surface area contributed by atoms with E-state index in [-0.39, 0.29) is 47.9 Å². The molecule has 0 bridgehead atoms. The highest BCUT2D eigenvalue weighted by molar-refractivity contribution is 6.01. The predicted molar refractivity (Wildman–Crippen MR) is 113 cm³/mol. The first kappa shape index (κ1) is 23.6. The third-order valence-electron chi connectivity index (χ3n) is 4.91. The van der Waals surface area contributed by atoms with Crippen LogP contribution in [0, 0.1) is 6.92 Å². The second-order valence-corrected chi connectivity index (χ2v) is 7.41. The van der Waals surface area contributed by atoms with Gasteiger partial charge in [-0.3, -0.25) is 9.59 Å². The zero-order valence-corrected chi connectivity index (χ0v) is 17.9. The number of Topliss-reactive ketones (excluding diaryl/α,β-unsaturated/α-hetero) is 1. The Labute approximate surface area is 175 Å². The van der Waals surface area contributed by atoms with Crippen LogP contribution in [0.15, 0.2) is 15.3 Å². The molecule has 164 valence electrons. The van der Waals surface area contributed by atoms with E-state index in [1.807, 2.05) is 19.0 Å². The number of carbonyl (C=O) groups is 2. The minimum absolute atomic E-state index is 0.0269. The van der Waals surface area contributed by atoms with Crippen molar-refractivity contribution in [2.45, 2.75) is 32.6 Å². The van der Waals surface area contributed by atoms with Gasteiger partial charge in [-0.1, -0.05) is 0 Å². The molecular formula is C22H29NO7. The Morgan fingerprint density at radius 1 is 1.27 bits per heavy atom. The van der Waals surface area contributed by atoms with Crippen molar-refractivity contribution < 1.29 is 28.6 Å². The zero-order valence-electron chi connectivity index (χ0n) is 17.9. The van der Waals surface area contributed by atoms with Gasteiger partial charge in [-0.05, 0) is 46.0 Å². The Morgan fingerprint density at radius 2 is 2.00 bits per heavy atom. The van der Waals surface area contributed by atoms with Crippen LogP contribution >= 0.6 is 0 Å². The molecular weight excluding hydrogens is 390 g/mol. The highest BCUT2D eigenvalue weighted by Crippen LogP contribution is 2.36. The van der Waals surface area contributed by atoms with Crippen LogP contribution in [0.5, 0.6) is 11.5 Å². The summed E-state index contributed by atoms with van der Waals surface area (Å²) in [5, 5.41) is 10.6. The summed E-state index contributed by atoms with van der Waals surface area (Å²) in [4.78, 5) is 38.2. The average Bonchev–Trinajstić information content (AvgIpc) is 2.67. The number of rotatable bonds is 12. The molecule has 1 heterocycles. The Morgan fingerprint density at radius 3 is 2.63 bits per heavy atom. The number of phenolic OH excluding ortho intramolecular Hbond substituents is 1. The van der Waals surface area contributed by atoms with Crippen LogP contribution in [0.4, 0.5) is 0 Å². The number of fused-ring (bicyclic) bond motifs is 1. The fourth-order valence-corrected chi connectivity index (χ4v) is 3.29. The number of hydrogen-bond acceptors (Lipinski definition) is 8. The van der Waals surface area contributed by atoms with Crippen LogP contribution in [0.2, 0.25) is 0 Å². The molecule has 0 aliphatic rings. The van der Waals surface area contributed by atoms with E-state index in [1.54, 1.807) is 6.92 Å². The summed E-state index contributed by atoms with van der Waals surface area (Å²) in [6.45, 7) is 3.08. The number of carbonyl (C=O) groups excluding carboxylic acids is 2. The maximum absolute atomic E-state index is 12.6. The highest BCUT2D eigenvalue weighted by atomic mass is 16.5. The highest BCUT2D eigenvalue weighted by Gasteiger charge is 2.21. The first-order valence-electron chi connectivity index (χ1n) is 9.85. The number of ketones is 1. The second kappa shape index (κ2) is 10.9. The monoisotopic (exact) mass is 419 g/mol. The number of benzene rings is 1. The topological polar surface area (TPSA) is 106 Å². The molecule has 8 nitrogen and oxygen atoms in total. The molecule has 0 aliphatic heterocycles. The van der Waals surface area contributed by atoms with Crippen LogP contribution in [-0.4, -0.2) is 63.0 Å². The van der Waals surface area contributed by atoms with Crippen LogP contribution < -0.4 is 10.4 Å². The molecule has 1 aromatic carbocycles. The van der Waals surface area contributed by atoms with Gasteiger partial charge in [-0.15, -0.1) is 0 Å². The van der Waals surface area contributed by atoms with Crippen molar-refractivity contribution in [1.82, 2.24) is 4.90 Å². The van der Waals surface area contributed by atoms with E-state index >= 15 is 0 Å². The molecule has 0 radical (unpaired) electrons. The molecule has 1 aromatic heterocycles. The quantitative estimate of drug-likeness (QED) is 0.318. The third kappa shape index (κ3) is 5.67.